The van der Waals surface area contributed by atoms with Crippen LogP contribution in [-0.4, -0.2) is 29.9 Å². The SMILES string of the molecule is CC(C)(C)C(=O)Nc1cccc(NC(=O)C2CCN(c3nc4ccccc4o3)CC2)c1. The maximum absolute atomic E-state index is 12.8. The van der Waals surface area contributed by atoms with Crippen molar-refractivity contribution in [1.82, 2.24) is 4.98 Å². The molecule has 2 heterocycles. The second-order valence-electron chi connectivity index (χ2n) is 9.00. The first-order valence-corrected chi connectivity index (χ1v) is 10.6. The van der Waals surface area contributed by atoms with Crippen LogP contribution in [0.25, 0.3) is 11.1 Å². The van der Waals surface area contributed by atoms with Gasteiger partial charge in [0.2, 0.25) is 11.8 Å². The molecule has 2 N–H and O–H groups in total. The fourth-order valence-corrected chi connectivity index (χ4v) is 3.57. The van der Waals surface area contributed by atoms with Gasteiger partial charge < -0.3 is 20.0 Å². The zero-order valence-corrected chi connectivity index (χ0v) is 18.1. The summed E-state index contributed by atoms with van der Waals surface area (Å²) in [6, 6.07) is 15.6. The molecule has 0 spiro atoms. The van der Waals surface area contributed by atoms with Gasteiger partial charge in [-0.1, -0.05) is 39.0 Å². The first-order valence-electron chi connectivity index (χ1n) is 10.6. The van der Waals surface area contributed by atoms with E-state index >= 15 is 0 Å². The number of aromatic nitrogens is 1. The first kappa shape index (κ1) is 20.9. The van der Waals surface area contributed by atoms with Crippen molar-refractivity contribution >= 4 is 40.3 Å². The number of para-hydroxylation sites is 2. The summed E-state index contributed by atoms with van der Waals surface area (Å²) in [7, 11) is 0. The number of rotatable bonds is 4. The fraction of sp³-hybridized carbons (Fsp3) is 0.375. The summed E-state index contributed by atoms with van der Waals surface area (Å²) in [5, 5.41) is 5.89. The minimum Gasteiger partial charge on any atom is -0.423 e. The molecule has 31 heavy (non-hydrogen) atoms. The molecule has 1 saturated heterocycles. The van der Waals surface area contributed by atoms with Crippen molar-refractivity contribution in [1.29, 1.82) is 0 Å². The molecule has 2 aromatic carbocycles. The van der Waals surface area contributed by atoms with E-state index in [4.69, 9.17) is 4.42 Å². The van der Waals surface area contributed by atoms with Crippen LogP contribution in [0.3, 0.4) is 0 Å². The zero-order valence-electron chi connectivity index (χ0n) is 18.1. The maximum atomic E-state index is 12.8. The monoisotopic (exact) mass is 420 g/mol. The Hall–Kier alpha value is -3.35. The van der Waals surface area contributed by atoms with E-state index in [1.165, 1.54) is 0 Å². The maximum Gasteiger partial charge on any atom is 0.298 e. The topological polar surface area (TPSA) is 87.5 Å². The third-order valence-corrected chi connectivity index (χ3v) is 5.49. The number of carbonyl (C=O) groups excluding carboxylic acids is 2. The number of anilines is 3. The van der Waals surface area contributed by atoms with Crippen molar-refractivity contribution < 1.29 is 14.0 Å². The van der Waals surface area contributed by atoms with Crippen LogP contribution in [0.15, 0.2) is 52.9 Å². The molecule has 162 valence electrons. The minimum atomic E-state index is -0.484. The van der Waals surface area contributed by atoms with Crippen LogP contribution < -0.4 is 15.5 Å². The molecule has 7 heteroatoms. The molecule has 1 fully saturated rings. The van der Waals surface area contributed by atoms with Crippen LogP contribution in [0.2, 0.25) is 0 Å². The summed E-state index contributed by atoms with van der Waals surface area (Å²) in [6.45, 7) is 7.02. The largest absolute Gasteiger partial charge is 0.423 e. The van der Waals surface area contributed by atoms with Gasteiger partial charge in [-0.05, 0) is 43.2 Å². The lowest BCUT2D eigenvalue weighted by Crippen LogP contribution is -2.38. The van der Waals surface area contributed by atoms with Crippen LogP contribution >= 0.6 is 0 Å². The zero-order chi connectivity index (χ0) is 22.0. The third kappa shape index (κ3) is 4.87. The minimum absolute atomic E-state index is 0.00323. The lowest BCUT2D eigenvalue weighted by molar-refractivity contribution is -0.123. The summed E-state index contributed by atoms with van der Waals surface area (Å²) in [6.07, 6.45) is 1.45. The predicted octanol–water partition coefficient (Wildman–Crippen LogP) is 4.67. The molecule has 1 aliphatic heterocycles. The average Bonchev–Trinajstić information content (AvgIpc) is 3.18. The van der Waals surface area contributed by atoms with E-state index in [1.54, 1.807) is 6.07 Å². The fourth-order valence-electron chi connectivity index (χ4n) is 3.57. The van der Waals surface area contributed by atoms with E-state index in [1.807, 2.05) is 63.2 Å². The Morgan fingerprint density at radius 1 is 1.00 bits per heavy atom. The van der Waals surface area contributed by atoms with E-state index in [-0.39, 0.29) is 17.7 Å². The standard InChI is InChI=1S/C24H28N4O3/c1-24(2,3)22(30)26-18-8-6-7-17(15-18)25-21(29)16-11-13-28(14-12-16)23-27-19-9-4-5-10-20(19)31-23/h4-10,15-16H,11-14H2,1-3H3,(H,25,29)(H,26,30). The quantitative estimate of drug-likeness (QED) is 0.641. The molecule has 2 amide bonds. The molecule has 0 atom stereocenters. The molecule has 0 saturated carbocycles. The number of carbonyl (C=O) groups is 2. The van der Waals surface area contributed by atoms with Crippen LogP contribution in [0.4, 0.5) is 17.4 Å². The Kier molecular flexibility index (Phi) is 5.67. The van der Waals surface area contributed by atoms with Crippen LogP contribution in [-0.2, 0) is 9.59 Å². The second-order valence-corrected chi connectivity index (χ2v) is 9.00. The molecule has 1 aliphatic rings. The number of nitrogens with one attached hydrogen (secondary N) is 2. The number of amides is 2. The van der Waals surface area contributed by atoms with Gasteiger partial charge in [0.1, 0.15) is 5.52 Å². The van der Waals surface area contributed by atoms with Crippen molar-refractivity contribution in [2.24, 2.45) is 11.3 Å². The van der Waals surface area contributed by atoms with Gasteiger partial charge in [0.15, 0.2) is 5.58 Å². The van der Waals surface area contributed by atoms with Crippen molar-refractivity contribution in [3.63, 3.8) is 0 Å². The highest BCUT2D eigenvalue weighted by atomic mass is 16.4. The van der Waals surface area contributed by atoms with Crippen LogP contribution in [0, 0.1) is 11.3 Å². The number of oxazole rings is 1. The van der Waals surface area contributed by atoms with Gasteiger partial charge in [-0.25, -0.2) is 0 Å². The highest BCUT2D eigenvalue weighted by molar-refractivity contribution is 5.96. The Labute approximate surface area is 181 Å². The predicted molar refractivity (Wildman–Crippen MR) is 122 cm³/mol. The summed E-state index contributed by atoms with van der Waals surface area (Å²) < 4.78 is 5.85. The van der Waals surface area contributed by atoms with Gasteiger partial charge in [0, 0.05) is 35.8 Å². The van der Waals surface area contributed by atoms with E-state index in [0.29, 0.717) is 30.5 Å². The highest BCUT2D eigenvalue weighted by Crippen LogP contribution is 2.27. The smallest absolute Gasteiger partial charge is 0.298 e. The number of hydrogen-bond acceptors (Lipinski definition) is 5. The van der Waals surface area contributed by atoms with E-state index in [2.05, 4.69) is 20.5 Å². The van der Waals surface area contributed by atoms with Gasteiger partial charge in [-0.15, -0.1) is 0 Å². The Bertz CT molecular complexity index is 1060. The first-order chi connectivity index (χ1) is 14.8. The Morgan fingerprint density at radius 2 is 1.68 bits per heavy atom. The number of fused-ring (bicyclic) bond motifs is 1. The van der Waals surface area contributed by atoms with E-state index in [0.717, 1.165) is 23.9 Å². The molecular weight excluding hydrogens is 392 g/mol. The van der Waals surface area contributed by atoms with Gasteiger partial charge >= 0.3 is 0 Å². The Morgan fingerprint density at radius 3 is 2.35 bits per heavy atom. The average molecular weight is 421 g/mol. The number of nitrogens with zero attached hydrogens (tertiary/aromatic N) is 2. The number of hydrogen-bond donors (Lipinski definition) is 2. The molecule has 0 aliphatic carbocycles. The van der Waals surface area contributed by atoms with Gasteiger partial charge in [0.05, 0.1) is 0 Å². The summed E-state index contributed by atoms with van der Waals surface area (Å²) >= 11 is 0. The molecule has 7 nitrogen and oxygen atoms in total. The van der Waals surface area contributed by atoms with E-state index in [9.17, 15) is 9.59 Å². The van der Waals surface area contributed by atoms with E-state index < -0.39 is 5.41 Å². The van der Waals surface area contributed by atoms with Crippen molar-refractivity contribution in [3.05, 3.63) is 48.5 Å². The number of benzene rings is 2. The summed E-state index contributed by atoms with van der Waals surface area (Å²) in [4.78, 5) is 31.6. The molecular formula is C24H28N4O3. The highest BCUT2D eigenvalue weighted by Gasteiger charge is 2.27. The second kappa shape index (κ2) is 8.41. The molecule has 4 rings (SSSR count). The lowest BCUT2D eigenvalue weighted by atomic mass is 9.95. The third-order valence-electron chi connectivity index (χ3n) is 5.49. The number of piperidine rings is 1. The normalized spacial score (nSPS) is 15.1. The van der Waals surface area contributed by atoms with Crippen LogP contribution in [0.1, 0.15) is 33.6 Å². The molecule has 0 radical (unpaired) electrons. The van der Waals surface area contributed by atoms with Crippen molar-refractivity contribution in [3.8, 4) is 0 Å². The molecule has 3 aromatic rings. The Balaban J connectivity index is 1.34. The van der Waals surface area contributed by atoms with Gasteiger partial charge in [-0.3, -0.25) is 9.59 Å². The van der Waals surface area contributed by atoms with Crippen molar-refractivity contribution in [2.45, 2.75) is 33.6 Å². The van der Waals surface area contributed by atoms with Gasteiger partial charge in [0.25, 0.3) is 6.01 Å². The van der Waals surface area contributed by atoms with Crippen molar-refractivity contribution in [2.75, 3.05) is 28.6 Å². The van der Waals surface area contributed by atoms with Gasteiger partial charge in [-0.2, -0.15) is 4.98 Å². The van der Waals surface area contributed by atoms with Crippen LogP contribution in [0.5, 0.6) is 0 Å². The summed E-state index contributed by atoms with van der Waals surface area (Å²) in [5.74, 6) is -0.146. The lowest BCUT2D eigenvalue weighted by Gasteiger charge is -2.30. The molecule has 0 bridgehead atoms. The summed E-state index contributed by atoms with van der Waals surface area (Å²) in [5.41, 5.74) is 2.48. The molecule has 0 unspecified atom stereocenters. The molecule has 1 aromatic heterocycles.